The number of carbonyl (C=O) groups is 2. The van der Waals surface area contributed by atoms with E-state index in [4.69, 9.17) is 0 Å². The van der Waals surface area contributed by atoms with Gasteiger partial charge in [-0.2, -0.15) is 0 Å². The van der Waals surface area contributed by atoms with Crippen LogP contribution in [0.1, 0.15) is 35.7 Å². The van der Waals surface area contributed by atoms with Crippen molar-refractivity contribution in [3.05, 3.63) is 59.7 Å². The third kappa shape index (κ3) is 2.68. The summed E-state index contributed by atoms with van der Waals surface area (Å²) in [7, 11) is 0. The van der Waals surface area contributed by atoms with Crippen LogP contribution < -0.4 is 10.2 Å². The normalized spacial score (nSPS) is 19.0. The molecule has 2 aromatic carbocycles. The minimum absolute atomic E-state index is 0.0185. The quantitative estimate of drug-likeness (QED) is 0.939. The van der Waals surface area contributed by atoms with Crippen molar-refractivity contribution < 1.29 is 9.59 Å². The second kappa shape index (κ2) is 5.78. The number of rotatable bonds is 3. The maximum atomic E-state index is 13.0. The van der Waals surface area contributed by atoms with E-state index in [1.54, 1.807) is 6.07 Å². The lowest BCUT2D eigenvalue weighted by Crippen LogP contribution is -2.35. The van der Waals surface area contributed by atoms with Gasteiger partial charge in [0.25, 0.3) is 5.91 Å². The van der Waals surface area contributed by atoms with Gasteiger partial charge in [0.15, 0.2) is 0 Å². The maximum absolute atomic E-state index is 13.0. The first-order valence-electron chi connectivity index (χ1n) is 8.46. The van der Waals surface area contributed by atoms with Gasteiger partial charge < -0.3 is 10.2 Å². The van der Waals surface area contributed by atoms with Crippen molar-refractivity contribution in [3.63, 3.8) is 0 Å². The van der Waals surface area contributed by atoms with Gasteiger partial charge in [0.05, 0.1) is 0 Å². The van der Waals surface area contributed by atoms with E-state index >= 15 is 0 Å². The number of carbonyl (C=O) groups excluding carboxylic acids is 2. The van der Waals surface area contributed by atoms with Crippen molar-refractivity contribution in [1.82, 2.24) is 0 Å². The molecular weight excluding hydrogens is 300 g/mol. The summed E-state index contributed by atoms with van der Waals surface area (Å²) >= 11 is 0. The summed E-state index contributed by atoms with van der Waals surface area (Å²) < 4.78 is 0. The Labute approximate surface area is 141 Å². The largest absolute Gasteiger partial charge is 0.326 e. The zero-order valence-electron chi connectivity index (χ0n) is 13.7. The molecule has 0 aromatic heterocycles. The van der Waals surface area contributed by atoms with Gasteiger partial charge in [-0.15, -0.1) is 0 Å². The standard InChI is InChI=1S/C20H20N2O2/c1-13-11-15-5-2-3-8-18(15)22(13)20(24)16-6-4-7-17(12-16)21-19(23)14-9-10-14/h2-8,12-14H,9-11H2,1H3,(H,21,23). The van der Waals surface area contributed by atoms with Crippen LogP contribution in [0.15, 0.2) is 48.5 Å². The Morgan fingerprint density at radius 2 is 1.88 bits per heavy atom. The van der Waals surface area contributed by atoms with Gasteiger partial charge in [0.1, 0.15) is 0 Å². The Hall–Kier alpha value is -2.62. The molecule has 1 aliphatic carbocycles. The zero-order valence-corrected chi connectivity index (χ0v) is 13.7. The van der Waals surface area contributed by atoms with Crippen molar-refractivity contribution in [3.8, 4) is 0 Å². The molecule has 1 heterocycles. The molecule has 0 radical (unpaired) electrons. The van der Waals surface area contributed by atoms with Gasteiger partial charge in [0, 0.05) is 28.9 Å². The molecule has 2 amide bonds. The average molecular weight is 320 g/mol. The molecule has 1 unspecified atom stereocenters. The van der Waals surface area contributed by atoms with E-state index in [-0.39, 0.29) is 23.8 Å². The molecule has 1 N–H and O–H groups in total. The summed E-state index contributed by atoms with van der Waals surface area (Å²) in [6, 6.07) is 15.4. The molecule has 2 aromatic rings. The third-order valence-corrected chi connectivity index (χ3v) is 4.75. The van der Waals surface area contributed by atoms with Crippen LogP contribution in [0.2, 0.25) is 0 Å². The highest BCUT2D eigenvalue weighted by atomic mass is 16.2. The predicted molar refractivity (Wildman–Crippen MR) is 94.2 cm³/mol. The van der Waals surface area contributed by atoms with Crippen molar-refractivity contribution in [2.75, 3.05) is 10.2 Å². The Morgan fingerprint density at radius 3 is 2.67 bits per heavy atom. The fraction of sp³-hybridized carbons (Fsp3) is 0.300. The molecule has 4 rings (SSSR count). The second-order valence-corrected chi connectivity index (χ2v) is 6.70. The first-order valence-corrected chi connectivity index (χ1v) is 8.46. The number of nitrogens with one attached hydrogen (secondary N) is 1. The lowest BCUT2D eigenvalue weighted by molar-refractivity contribution is -0.117. The summed E-state index contributed by atoms with van der Waals surface area (Å²) in [5.41, 5.74) is 3.49. The molecule has 0 bridgehead atoms. The molecule has 0 spiro atoms. The number of nitrogens with zero attached hydrogens (tertiary/aromatic N) is 1. The molecular formula is C20H20N2O2. The highest BCUT2D eigenvalue weighted by Gasteiger charge is 2.32. The first-order chi connectivity index (χ1) is 11.6. The lowest BCUT2D eigenvalue weighted by Gasteiger charge is -2.23. The van der Waals surface area contributed by atoms with Crippen molar-refractivity contribution in [1.29, 1.82) is 0 Å². The number of amides is 2. The maximum Gasteiger partial charge on any atom is 0.258 e. The molecule has 1 atom stereocenters. The van der Waals surface area contributed by atoms with Crippen LogP contribution in [0.5, 0.6) is 0 Å². The molecule has 24 heavy (non-hydrogen) atoms. The third-order valence-electron chi connectivity index (χ3n) is 4.75. The Balaban J connectivity index is 1.59. The van der Waals surface area contributed by atoms with Gasteiger partial charge in [-0.1, -0.05) is 24.3 Å². The van der Waals surface area contributed by atoms with E-state index in [0.717, 1.165) is 24.9 Å². The summed E-state index contributed by atoms with van der Waals surface area (Å²) in [6.07, 6.45) is 2.80. The predicted octanol–water partition coefficient (Wildman–Crippen LogP) is 3.63. The number of fused-ring (bicyclic) bond motifs is 1. The van der Waals surface area contributed by atoms with Crippen LogP contribution >= 0.6 is 0 Å². The van der Waals surface area contributed by atoms with E-state index in [1.165, 1.54) is 5.56 Å². The molecule has 1 fully saturated rings. The summed E-state index contributed by atoms with van der Waals surface area (Å²) in [5.74, 6) is 0.185. The summed E-state index contributed by atoms with van der Waals surface area (Å²) in [4.78, 5) is 26.8. The molecule has 122 valence electrons. The van der Waals surface area contributed by atoms with Crippen LogP contribution in [0.3, 0.4) is 0 Å². The van der Waals surface area contributed by atoms with Gasteiger partial charge in [-0.3, -0.25) is 9.59 Å². The summed E-state index contributed by atoms with van der Waals surface area (Å²) in [6.45, 7) is 2.07. The SMILES string of the molecule is CC1Cc2ccccc2N1C(=O)c1cccc(NC(=O)C2CC2)c1. The zero-order chi connectivity index (χ0) is 16.7. The Bertz CT molecular complexity index is 811. The van der Waals surface area contributed by atoms with E-state index in [1.807, 2.05) is 41.3 Å². The van der Waals surface area contributed by atoms with Gasteiger partial charge in [0.2, 0.25) is 5.91 Å². The highest BCUT2D eigenvalue weighted by Crippen LogP contribution is 2.33. The van der Waals surface area contributed by atoms with Crippen LogP contribution in [0.25, 0.3) is 0 Å². The number of para-hydroxylation sites is 1. The van der Waals surface area contributed by atoms with E-state index in [9.17, 15) is 9.59 Å². The highest BCUT2D eigenvalue weighted by molar-refractivity contribution is 6.08. The topological polar surface area (TPSA) is 49.4 Å². The molecule has 1 aliphatic heterocycles. The monoisotopic (exact) mass is 320 g/mol. The van der Waals surface area contributed by atoms with Gasteiger partial charge in [-0.25, -0.2) is 0 Å². The van der Waals surface area contributed by atoms with E-state index < -0.39 is 0 Å². The average Bonchev–Trinajstić information content (AvgIpc) is 3.37. The summed E-state index contributed by atoms with van der Waals surface area (Å²) in [5, 5.41) is 2.91. The number of hydrogen-bond acceptors (Lipinski definition) is 2. The fourth-order valence-electron chi connectivity index (χ4n) is 3.33. The van der Waals surface area contributed by atoms with Crippen LogP contribution in [0.4, 0.5) is 11.4 Å². The number of hydrogen-bond donors (Lipinski definition) is 1. The van der Waals surface area contributed by atoms with E-state index in [2.05, 4.69) is 18.3 Å². The first kappa shape index (κ1) is 14.9. The van der Waals surface area contributed by atoms with Crippen LogP contribution in [0, 0.1) is 5.92 Å². The molecule has 2 aliphatic rings. The lowest BCUT2D eigenvalue weighted by atomic mass is 10.1. The number of benzene rings is 2. The minimum Gasteiger partial charge on any atom is -0.326 e. The second-order valence-electron chi connectivity index (χ2n) is 6.70. The van der Waals surface area contributed by atoms with Crippen LogP contribution in [-0.2, 0) is 11.2 Å². The Kier molecular flexibility index (Phi) is 3.60. The molecule has 1 saturated carbocycles. The van der Waals surface area contributed by atoms with Gasteiger partial charge in [-0.05, 0) is 56.0 Å². The smallest absolute Gasteiger partial charge is 0.258 e. The fourth-order valence-corrected chi connectivity index (χ4v) is 3.33. The number of anilines is 2. The van der Waals surface area contributed by atoms with E-state index in [0.29, 0.717) is 11.3 Å². The molecule has 4 heteroatoms. The molecule has 4 nitrogen and oxygen atoms in total. The molecule has 0 saturated heterocycles. The van der Waals surface area contributed by atoms with Crippen molar-refractivity contribution in [2.45, 2.75) is 32.2 Å². The van der Waals surface area contributed by atoms with Crippen molar-refractivity contribution >= 4 is 23.2 Å². The Morgan fingerprint density at radius 1 is 1.08 bits per heavy atom. The minimum atomic E-state index is -0.0185. The van der Waals surface area contributed by atoms with Crippen LogP contribution in [-0.4, -0.2) is 17.9 Å². The van der Waals surface area contributed by atoms with Crippen molar-refractivity contribution in [2.24, 2.45) is 5.92 Å². The van der Waals surface area contributed by atoms with Gasteiger partial charge >= 0.3 is 0 Å².